The van der Waals surface area contributed by atoms with E-state index in [1.807, 2.05) is 30.8 Å². The molecule has 3 nitrogen and oxygen atoms in total. The van der Waals surface area contributed by atoms with Crippen molar-refractivity contribution in [3.63, 3.8) is 0 Å². The molecule has 0 aliphatic rings. The summed E-state index contributed by atoms with van der Waals surface area (Å²) in [4.78, 5) is 0. The van der Waals surface area contributed by atoms with E-state index in [-0.39, 0.29) is 6.04 Å². The van der Waals surface area contributed by atoms with Crippen molar-refractivity contribution >= 4 is 23.2 Å². The summed E-state index contributed by atoms with van der Waals surface area (Å²) in [6.45, 7) is 4.88. The van der Waals surface area contributed by atoms with E-state index >= 15 is 0 Å². The Hall–Kier alpha value is -1.03. The van der Waals surface area contributed by atoms with Gasteiger partial charge >= 0.3 is 0 Å². The van der Waals surface area contributed by atoms with Crippen LogP contribution in [0.5, 0.6) is 0 Å². The minimum atomic E-state index is -0.0210. The molecule has 0 spiro atoms. The first-order chi connectivity index (χ1) is 9.06. The van der Waals surface area contributed by atoms with E-state index in [4.69, 9.17) is 23.2 Å². The zero-order valence-corrected chi connectivity index (χ0v) is 12.8. The average molecular weight is 298 g/mol. The molecule has 19 heavy (non-hydrogen) atoms. The van der Waals surface area contributed by atoms with Crippen LogP contribution in [0.3, 0.4) is 0 Å². The predicted molar refractivity (Wildman–Crippen MR) is 80.0 cm³/mol. The van der Waals surface area contributed by atoms with Gasteiger partial charge in [0.25, 0.3) is 0 Å². The largest absolute Gasteiger partial charge is 0.308 e. The SMILES string of the molecule is CCn1nc(C)cc1C(NC)c1cc(Cl)ccc1Cl. The van der Waals surface area contributed by atoms with E-state index in [1.165, 1.54) is 0 Å². The van der Waals surface area contributed by atoms with Crippen LogP contribution in [0.25, 0.3) is 0 Å². The molecule has 0 saturated heterocycles. The molecular formula is C14H17Cl2N3. The Morgan fingerprint density at radius 3 is 2.68 bits per heavy atom. The Labute approximate surface area is 123 Å². The van der Waals surface area contributed by atoms with Gasteiger partial charge in [-0.25, -0.2) is 0 Å². The van der Waals surface area contributed by atoms with Gasteiger partial charge in [0.1, 0.15) is 0 Å². The number of nitrogens with zero attached hydrogens (tertiary/aromatic N) is 2. The van der Waals surface area contributed by atoms with Gasteiger partial charge in [0.15, 0.2) is 0 Å². The number of hydrogen-bond donors (Lipinski definition) is 1. The van der Waals surface area contributed by atoms with E-state index in [0.29, 0.717) is 10.0 Å². The molecule has 0 radical (unpaired) electrons. The Kier molecular flexibility index (Phi) is 4.50. The number of aromatic nitrogens is 2. The molecule has 0 aliphatic carbocycles. The predicted octanol–water partition coefficient (Wildman–Crippen LogP) is 3.83. The molecule has 0 fully saturated rings. The first-order valence-corrected chi connectivity index (χ1v) is 6.99. The van der Waals surface area contributed by atoms with Gasteiger partial charge in [-0.05, 0) is 50.7 Å². The number of nitrogens with one attached hydrogen (secondary N) is 1. The average Bonchev–Trinajstić information content (AvgIpc) is 2.76. The van der Waals surface area contributed by atoms with Gasteiger partial charge < -0.3 is 5.32 Å². The van der Waals surface area contributed by atoms with Crippen molar-refractivity contribution in [1.82, 2.24) is 15.1 Å². The zero-order valence-electron chi connectivity index (χ0n) is 11.2. The fourth-order valence-corrected chi connectivity index (χ4v) is 2.66. The van der Waals surface area contributed by atoms with Crippen LogP contribution in [-0.4, -0.2) is 16.8 Å². The second kappa shape index (κ2) is 5.95. The Morgan fingerprint density at radius 2 is 2.05 bits per heavy atom. The molecule has 0 saturated carbocycles. The van der Waals surface area contributed by atoms with Crippen molar-refractivity contribution < 1.29 is 0 Å². The van der Waals surface area contributed by atoms with E-state index in [9.17, 15) is 0 Å². The third-order valence-electron chi connectivity index (χ3n) is 3.09. The maximum absolute atomic E-state index is 6.29. The topological polar surface area (TPSA) is 29.9 Å². The summed E-state index contributed by atoms with van der Waals surface area (Å²) in [5.41, 5.74) is 3.05. The molecule has 2 aromatic rings. The van der Waals surface area contributed by atoms with Crippen molar-refractivity contribution in [2.45, 2.75) is 26.4 Å². The molecule has 1 aromatic heterocycles. The number of rotatable bonds is 4. The van der Waals surface area contributed by atoms with Gasteiger partial charge in [-0.1, -0.05) is 23.2 Å². The highest BCUT2D eigenvalue weighted by molar-refractivity contribution is 6.33. The number of benzene rings is 1. The standard InChI is InChI=1S/C14H17Cl2N3/c1-4-19-13(7-9(2)18-19)14(17-3)11-8-10(15)5-6-12(11)16/h5-8,14,17H,4H2,1-3H3. The maximum Gasteiger partial charge on any atom is 0.0760 e. The van der Waals surface area contributed by atoms with Gasteiger partial charge in [0, 0.05) is 16.6 Å². The van der Waals surface area contributed by atoms with Gasteiger partial charge in [-0.3, -0.25) is 4.68 Å². The van der Waals surface area contributed by atoms with Crippen LogP contribution >= 0.6 is 23.2 Å². The second-order valence-corrected chi connectivity index (χ2v) is 5.26. The smallest absolute Gasteiger partial charge is 0.0760 e. The summed E-state index contributed by atoms with van der Waals surface area (Å²) in [6.07, 6.45) is 0. The molecule has 1 aromatic carbocycles. The summed E-state index contributed by atoms with van der Waals surface area (Å²) in [6, 6.07) is 7.56. The van der Waals surface area contributed by atoms with Crippen LogP contribution in [0, 0.1) is 6.92 Å². The fourth-order valence-electron chi connectivity index (χ4n) is 2.25. The van der Waals surface area contributed by atoms with Crippen LogP contribution in [-0.2, 0) is 6.54 Å². The minimum absolute atomic E-state index is 0.0210. The van der Waals surface area contributed by atoms with E-state index in [1.54, 1.807) is 6.07 Å². The van der Waals surface area contributed by atoms with E-state index < -0.39 is 0 Å². The lowest BCUT2D eigenvalue weighted by Crippen LogP contribution is -2.21. The first-order valence-electron chi connectivity index (χ1n) is 6.23. The molecule has 0 bridgehead atoms. The number of hydrogen-bond acceptors (Lipinski definition) is 2. The van der Waals surface area contributed by atoms with Crippen molar-refractivity contribution in [2.75, 3.05) is 7.05 Å². The fraction of sp³-hybridized carbons (Fsp3) is 0.357. The highest BCUT2D eigenvalue weighted by atomic mass is 35.5. The van der Waals surface area contributed by atoms with Gasteiger partial charge in [0.2, 0.25) is 0 Å². The lowest BCUT2D eigenvalue weighted by molar-refractivity contribution is 0.561. The van der Waals surface area contributed by atoms with Crippen molar-refractivity contribution in [3.05, 3.63) is 51.3 Å². The molecule has 1 atom stereocenters. The summed E-state index contributed by atoms with van der Waals surface area (Å²) in [5, 5.41) is 9.14. The van der Waals surface area contributed by atoms with Gasteiger partial charge in [-0.15, -0.1) is 0 Å². The summed E-state index contributed by atoms with van der Waals surface area (Å²) >= 11 is 12.4. The van der Waals surface area contributed by atoms with E-state index in [0.717, 1.165) is 23.5 Å². The third kappa shape index (κ3) is 2.94. The van der Waals surface area contributed by atoms with Crippen molar-refractivity contribution in [3.8, 4) is 0 Å². The van der Waals surface area contributed by atoms with E-state index in [2.05, 4.69) is 23.4 Å². The Morgan fingerprint density at radius 1 is 1.32 bits per heavy atom. The van der Waals surface area contributed by atoms with Gasteiger partial charge in [-0.2, -0.15) is 5.10 Å². The molecule has 0 aliphatic heterocycles. The zero-order chi connectivity index (χ0) is 14.0. The molecule has 102 valence electrons. The molecule has 0 amide bonds. The molecule has 1 N–H and O–H groups in total. The second-order valence-electron chi connectivity index (χ2n) is 4.41. The van der Waals surface area contributed by atoms with Crippen LogP contribution in [0.1, 0.15) is 29.9 Å². The highest BCUT2D eigenvalue weighted by Crippen LogP contribution is 2.30. The molecule has 1 unspecified atom stereocenters. The third-order valence-corrected chi connectivity index (χ3v) is 3.67. The number of halogens is 2. The van der Waals surface area contributed by atoms with Crippen LogP contribution in [0.15, 0.2) is 24.3 Å². The quantitative estimate of drug-likeness (QED) is 0.929. The Balaban J connectivity index is 2.52. The van der Waals surface area contributed by atoms with Gasteiger partial charge in [0.05, 0.1) is 17.4 Å². The lowest BCUT2D eigenvalue weighted by Gasteiger charge is -2.19. The summed E-state index contributed by atoms with van der Waals surface area (Å²) in [5.74, 6) is 0. The Bertz CT molecular complexity index is 578. The van der Waals surface area contributed by atoms with Crippen molar-refractivity contribution in [2.24, 2.45) is 0 Å². The first kappa shape index (κ1) is 14.4. The molecule has 5 heteroatoms. The minimum Gasteiger partial charge on any atom is -0.308 e. The number of aryl methyl sites for hydroxylation is 2. The monoisotopic (exact) mass is 297 g/mol. The van der Waals surface area contributed by atoms with Crippen molar-refractivity contribution in [1.29, 1.82) is 0 Å². The summed E-state index contributed by atoms with van der Waals surface area (Å²) in [7, 11) is 1.91. The van der Waals surface area contributed by atoms with Crippen LogP contribution in [0.4, 0.5) is 0 Å². The van der Waals surface area contributed by atoms with Crippen LogP contribution in [0.2, 0.25) is 10.0 Å². The lowest BCUT2D eigenvalue weighted by atomic mass is 10.0. The molecular weight excluding hydrogens is 281 g/mol. The van der Waals surface area contributed by atoms with Crippen LogP contribution < -0.4 is 5.32 Å². The molecule has 2 rings (SSSR count). The maximum atomic E-state index is 6.29. The summed E-state index contributed by atoms with van der Waals surface area (Å²) < 4.78 is 1.98. The highest BCUT2D eigenvalue weighted by Gasteiger charge is 2.20. The normalized spacial score (nSPS) is 12.7. The molecule has 1 heterocycles.